The zero-order valence-corrected chi connectivity index (χ0v) is 17.6. The number of hydrogen-bond acceptors (Lipinski definition) is 5. The molecular formula is C20H19BrN2O4S. The van der Waals surface area contributed by atoms with Gasteiger partial charge in [0.05, 0.1) is 24.2 Å². The summed E-state index contributed by atoms with van der Waals surface area (Å²) in [5, 5.41) is 0. The minimum absolute atomic E-state index is 0.0699. The Hall–Kier alpha value is -2.42. The van der Waals surface area contributed by atoms with Crippen LogP contribution in [0.5, 0.6) is 5.75 Å². The maximum Gasteiger partial charge on any atom is 0.243 e. The van der Waals surface area contributed by atoms with Gasteiger partial charge in [0.2, 0.25) is 15.9 Å². The van der Waals surface area contributed by atoms with E-state index in [1.807, 2.05) is 24.3 Å². The van der Waals surface area contributed by atoms with Crippen molar-refractivity contribution >= 4 is 26.0 Å². The number of hydrogen-bond donors (Lipinski definition) is 0. The molecule has 0 unspecified atom stereocenters. The Morgan fingerprint density at radius 3 is 2.46 bits per heavy atom. The van der Waals surface area contributed by atoms with Crippen molar-refractivity contribution in [3.05, 3.63) is 77.6 Å². The lowest BCUT2D eigenvalue weighted by atomic mass is 10.2. The molecule has 0 aliphatic heterocycles. The van der Waals surface area contributed by atoms with E-state index in [0.717, 1.165) is 10.0 Å². The van der Waals surface area contributed by atoms with E-state index < -0.39 is 10.0 Å². The molecule has 0 bridgehead atoms. The van der Waals surface area contributed by atoms with Gasteiger partial charge in [-0.2, -0.15) is 4.31 Å². The predicted octanol–water partition coefficient (Wildman–Crippen LogP) is 4.49. The minimum Gasteiger partial charge on any atom is -0.497 e. The molecule has 146 valence electrons. The van der Waals surface area contributed by atoms with Gasteiger partial charge in [0.15, 0.2) is 0 Å². The van der Waals surface area contributed by atoms with Crippen molar-refractivity contribution < 1.29 is 17.6 Å². The average Bonchev–Trinajstić information content (AvgIpc) is 3.17. The van der Waals surface area contributed by atoms with Crippen molar-refractivity contribution in [1.82, 2.24) is 9.29 Å². The summed E-state index contributed by atoms with van der Waals surface area (Å²) in [4.78, 5) is 4.60. The molecule has 1 heterocycles. The van der Waals surface area contributed by atoms with Crippen molar-refractivity contribution in [2.75, 3.05) is 13.7 Å². The highest BCUT2D eigenvalue weighted by Crippen LogP contribution is 2.24. The lowest BCUT2D eigenvalue weighted by Crippen LogP contribution is -2.31. The molecule has 6 nitrogen and oxygen atoms in total. The number of rotatable bonds is 8. The van der Waals surface area contributed by atoms with Crippen LogP contribution in [0.25, 0.3) is 11.5 Å². The molecule has 8 heteroatoms. The first-order valence-electron chi connectivity index (χ1n) is 8.39. The topological polar surface area (TPSA) is 72.6 Å². The van der Waals surface area contributed by atoms with Crippen LogP contribution in [0.4, 0.5) is 0 Å². The molecule has 0 radical (unpaired) electrons. The zero-order chi connectivity index (χ0) is 20.1. The number of aromatic nitrogens is 1. The minimum atomic E-state index is -3.73. The van der Waals surface area contributed by atoms with Gasteiger partial charge in [-0.05, 0) is 48.5 Å². The first-order chi connectivity index (χ1) is 13.4. The molecule has 2 aromatic carbocycles. The third-order valence-electron chi connectivity index (χ3n) is 4.01. The van der Waals surface area contributed by atoms with E-state index >= 15 is 0 Å². The fourth-order valence-corrected chi connectivity index (χ4v) is 4.22. The zero-order valence-electron chi connectivity index (χ0n) is 15.2. The van der Waals surface area contributed by atoms with Gasteiger partial charge in [-0.1, -0.05) is 22.0 Å². The molecule has 1 aromatic heterocycles. The average molecular weight is 463 g/mol. The number of methoxy groups -OCH3 is 1. The molecule has 28 heavy (non-hydrogen) atoms. The monoisotopic (exact) mass is 462 g/mol. The lowest BCUT2D eigenvalue weighted by Gasteiger charge is -2.19. The first-order valence-corrected chi connectivity index (χ1v) is 10.6. The molecule has 0 saturated heterocycles. The highest BCUT2D eigenvalue weighted by molar-refractivity contribution is 9.10. The third kappa shape index (κ3) is 4.52. The highest BCUT2D eigenvalue weighted by Gasteiger charge is 2.25. The van der Waals surface area contributed by atoms with Crippen LogP contribution >= 0.6 is 15.9 Å². The Kier molecular flexibility index (Phi) is 6.33. The predicted molar refractivity (Wildman–Crippen MR) is 110 cm³/mol. The van der Waals surface area contributed by atoms with Crippen LogP contribution in [-0.4, -0.2) is 31.4 Å². The van der Waals surface area contributed by atoms with Gasteiger partial charge < -0.3 is 9.15 Å². The van der Waals surface area contributed by atoms with E-state index in [-0.39, 0.29) is 18.0 Å². The molecule has 0 aliphatic carbocycles. The van der Waals surface area contributed by atoms with E-state index in [2.05, 4.69) is 27.5 Å². The molecule has 0 saturated carbocycles. The largest absolute Gasteiger partial charge is 0.497 e. The van der Waals surface area contributed by atoms with Crippen molar-refractivity contribution in [2.45, 2.75) is 11.4 Å². The number of ether oxygens (including phenoxy) is 1. The second kappa shape index (κ2) is 8.72. The van der Waals surface area contributed by atoms with Crippen LogP contribution < -0.4 is 4.74 Å². The van der Waals surface area contributed by atoms with Crippen LogP contribution in [-0.2, 0) is 16.6 Å². The second-order valence-corrected chi connectivity index (χ2v) is 8.77. The van der Waals surface area contributed by atoms with Crippen LogP contribution in [0, 0.1) is 0 Å². The summed E-state index contributed by atoms with van der Waals surface area (Å²) in [5.41, 5.74) is 1.32. The summed E-state index contributed by atoms with van der Waals surface area (Å²) in [6.07, 6.45) is 3.01. The van der Waals surface area contributed by atoms with Crippen molar-refractivity contribution in [1.29, 1.82) is 0 Å². The lowest BCUT2D eigenvalue weighted by molar-refractivity contribution is 0.413. The van der Waals surface area contributed by atoms with Crippen LogP contribution in [0.15, 0.2) is 81.2 Å². The number of halogens is 1. The van der Waals surface area contributed by atoms with Crippen LogP contribution in [0.2, 0.25) is 0 Å². The van der Waals surface area contributed by atoms with Crippen molar-refractivity contribution in [3.63, 3.8) is 0 Å². The maximum absolute atomic E-state index is 13.0. The van der Waals surface area contributed by atoms with E-state index in [4.69, 9.17) is 9.15 Å². The molecule has 3 rings (SSSR count). The quantitative estimate of drug-likeness (QED) is 0.461. The smallest absolute Gasteiger partial charge is 0.243 e. The molecule has 0 N–H and O–H groups in total. The summed E-state index contributed by atoms with van der Waals surface area (Å²) in [6.45, 7) is 3.88. The standard InChI is InChI=1S/C20H19BrN2O4S/c1-3-12-23(28(24,25)19-10-8-18(26-2)9-11-19)13-17-14-27-20(22-17)15-4-6-16(21)7-5-15/h3-11,14H,1,12-13H2,2H3. The Bertz CT molecular complexity index is 1040. The van der Waals surface area contributed by atoms with E-state index in [0.29, 0.717) is 17.3 Å². The maximum atomic E-state index is 13.0. The van der Waals surface area contributed by atoms with Crippen LogP contribution in [0.3, 0.4) is 0 Å². The molecule has 0 aliphatic rings. The normalized spacial score (nSPS) is 11.5. The van der Waals surface area contributed by atoms with Crippen molar-refractivity contribution in [2.24, 2.45) is 0 Å². The summed E-state index contributed by atoms with van der Waals surface area (Å²) in [6, 6.07) is 13.8. The third-order valence-corrected chi connectivity index (χ3v) is 6.37. The number of oxazole rings is 1. The Labute approximate surface area is 172 Å². The summed E-state index contributed by atoms with van der Waals surface area (Å²) in [7, 11) is -2.20. The van der Waals surface area contributed by atoms with E-state index in [9.17, 15) is 8.42 Å². The molecule has 3 aromatic rings. The molecule has 0 spiro atoms. The highest BCUT2D eigenvalue weighted by atomic mass is 79.9. The number of sulfonamides is 1. The molecule has 0 atom stereocenters. The van der Waals surface area contributed by atoms with Gasteiger partial charge in [0.1, 0.15) is 12.0 Å². The fraction of sp³-hybridized carbons (Fsp3) is 0.150. The molecule has 0 fully saturated rings. The Morgan fingerprint density at radius 1 is 1.18 bits per heavy atom. The van der Waals surface area contributed by atoms with E-state index in [1.165, 1.54) is 35.9 Å². The van der Waals surface area contributed by atoms with Gasteiger partial charge in [-0.3, -0.25) is 0 Å². The van der Waals surface area contributed by atoms with E-state index in [1.54, 1.807) is 12.1 Å². The van der Waals surface area contributed by atoms with Gasteiger partial charge in [-0.15, -0.1) is 6.58 Å². The molecular weight excluding hydrogens is 444 g/mol. The van der Waals surface area contributed by atoms with Crippen molar-refractivity contribution in [3.8, 4) is 17.2 Å². The van der Waals surface area contributed by atoms with Gasteiger partial charge in [0, 0.05) is 16.6 Å². The fourth-order valence-electron chi connectivity index (χ4n) is 2.57. The van der Waals surface area contributed by atoms with Gasteiger partial charge >= 0.3 is 0 Å². The summed E-state index contributed by atoms with van der Waals surface area (Å²) in [5.74, 6) is 1.02. The van der Waals surface area contributed by atoms with Gasteiger partial charge in [0.25, 0.3) is 0 Å². The summed E-state index contributed by atoms with van der Waals surface area (Å²) < 4.78 is 38.9. The Morgan fingerprint density at radius 2 is 1.86 bits per heavy atom. The first kappa shape index (κ1) is 20.3. The number of benzene rings is 2. The second-order valence-electron chi connectivity index (χ2n) is 5.91. The molecule has 0 amide bonds. The Balaban J connectivity index is 1.84. The van der Waals surface area contributed by atoms with Crippen LogP contribution in [0.1, 0.15) is 5.69 Å². The number of nitrogens with zero attached hydrogens (tertiary/aromatic N) is 2. The summed E-state index contributed by atoms with van der Waals surface area (Å²) >= 11 is 3.38. The SMILES string of the molecule is C=CCN(Cc1coc(-c2ccc(Br)cc2)n1)S(=O)(=O)c1ccc(OC)cc1. The van der Waals surface area contributed by atoms with Gasteiger partial charge in [-0.25, -0.2) is 13.4 Å².